The number of nitrogens with zero attached hydrogens (tertiary/aromatic N) is 1. The Kier molecular flexibility index (Phi) is 4.98. The van der Waals surface area contributed by atoms with Crippen LogP contribution in [0.5, 0.6) is 0 Å². The Labute approximate surface area is 119 Å². The Balaban J connectivity index is 2.30. The van der Waals surface area contributed by atoms with Gasteiger partial charge in [-0.15, -0.1) is 0 Å². The van der Waals surface area contributed by atoms with Gasteiger partial charge in [0, 0.05) is 24.3 Å². The molecule has 0 spiro atoms. The monoisotopic (exact) mass is 278 g/mol. The molecule has 110 valence electrons. The number of hydrogen-bond acceptors (Lipinski definition) is 4. The van der Waals surface area contributed by atoms with Crippen molar-refractivity contribution in [2.24, 2.45) is 0 Å². The van der Waals surface area contributed by atoms with Crippen molar-refractivity contribution in [2.75, 3.05) is 31.2 Å². The van der Waals surface area contributed by atoms with Crippen LogP contribution in [-0.4, -0.2) is 43.4 Å². The predicted molar refractivity (Wildman–Crippen MR) is 77.7 cm³/mol. The third-order valence-electron chi connectivity index (χ3n) is 3.48. The standard InChI is InChI=1S/C15H22N2O3/c1-3-16-15(19)14-10-20-9-8-17(14)13-7-5-4-6-12(13)11(2)18/h4-7,11,14,18H,3,8-10H2,1-2H3,(H,16,19). The lowest BCUT2D eigenvalue weighted by molar-refractivity contribution is -0.124. The summed E-state index contributed by atoms with van der Waals surface area (Å²) in [5.74, 6) is -0.0346. The fourth-order valence-corrected chi connectivity index (χ4v) is 2.50. The minimum atomic E-state index is -0.566. The molecule has 0 aliphatic carbocycles. The number of ether oxygens (including phenoxy) is 1. The van der Waals surface area contributed by atoms with Gasteiger partial charge >= 0.3 is 0 Å². The largest absolute Gasteiger partial charge is 0.389 e. The van der Waals surface area contributed by atoms with Gasteiger partial charge in [-0.3, -0.25) is 4.79 Å². The molecule has 20 heavy (non-hydrogen) atoms. The van der Waals surface area contributed by atoms with Gasteiger partial charge in [-0.2, -0.15) is 0 Å². The Morgan fingerprint density at radius 1 is 1.55 bits per heavy atom. The van der Waals surface area contributed by atoms with Gasteiger partial charge < -0.3 is 20.1 Å². The maximum atomic E-state index is 12.2. The van der Waals surface area contributed by atoms with E-state index >= 15 is 0 Å². The van der Waals surface area contributed by atoms with Crippen molar-refractivity contribution < 1.29 is 14.6 Å². The Hall–Kier alpha value is -1.59. The number of rotatable bonds is 4. The number of likely N-dealkylation sites (N-methyl/N-ethyl adjacent to an activating group) is 1. The van der Waals surface area contributed by atoms with Gasteiger partial charge in [0.25, 0.3) is 0 Å². The van der Waals surface area contributed by atoms with Crippen LogP contribution in [0.15, 0.2) is 24.3 Å². The highest BCUT2D eigenvalue weighted by Crippen LogP contribution is 2.28. The number of nitrogens with one attached hydrogen (secondary N) is 1. The van der Waals surface area contributed by atoms with E-state index in [1.54, 1.807) is 6.92 Å². The van der Waals surface area contributed by atoms with E-state index < -0.39 is 6.10 Å². The fourth-order valence-electron chi connectivity index (χ4n) is 2.50. The molecule has 1 fully saturated rings. The van der Waals surface area contributed by atoms with Gasteiger partial charge in [0.2, 0.25) is 5.91 Å². The molecule has 1 aliphatic rings. The Morgan fingerprint density at radius 3 is 3.00 bits per heavy atom. The first-order valence-electron chi connectivity index (χ1n) is 7.04. The molecule has 1 aliphatic heterocycles. The van der Waals surface area contributed by atoms with Gasteiger partial charge in [0.05, 0.1) is 19.3 Å². The number of carbonyl (C=O) groups is 1. The molecule has 1 amide bonds. The van der Waals surface area contributed by atoms with Crippen LogP contribution in [0.3, 0.4) is 0 Å². The number of carbonyl (C=O) groups excluding carboxylic acids is 1. The number of para-hydroxylation sites is 1. The molecule has 0 aromatic heterocycles. The van der Waals surface area contributed by atoms with Crippen molar-refractivity contribution >= 4 is 11.6 Å². The second-order valence-corrected chi connectivity index (χ2v) is 4.91. The Bertz CT molecular complexity index is 462. The molecular weight excluding hydrogens is 256 g/mol. The highest BCUT2D eigenvalue weighted by molar-refractivity contribution is 5.86. The summed E-state index contributed by atoms with van der Waals surface area (Å²) in [6.07, 6.45) is -0.566. The highest BCUT2D eigenvalue weighted by atomic mass is 16.5. The Morgan fingerprint density at radius 2 is 2.30 bits per heavy atom. The van der Waals surface area contributed by atoms with E-state index in [9.17, 15) is 9.90 Å². The lowest BCUT2D eigenvalue weighted by atomic mass is 10.0. The van der Waals surface area contributed by atoms with Crippen molar-refractivity contribution in [3.63, 3.8) is 0 Å². The van der Waals surface area contributed by atoms with Crippen molar-refractivity contribution in [3.05, 3.63) is 29.8 Å². The zero-order chi connectivity index (χ0) is 14.5. The molecule has 1 aromatic carbocycles. The van der Waals surface area contributed by atoms with E-state index in [1.165, 1.54) is 0 Å². The van der Waals surface area contributed by atoms with Gasteiger partial charge in [0.15, 0.2) is 0 Å². The summed E-state index contributed by atoms with van der Waals surface area (Å²) in [4.78, 5) is 14.2. The van der Waals surface area contributed by atoms with E-state index in [1.807, 2.05) is 36.1 Å². The van der Waals surface area contributed by atoms with Crippen LogP contribution < -0.4 is 10.2 Å². The highest BCUT2D eigenvalue weighted by Gasteiger charge is 2.30. The lowest BCUT2D eigenvalue weighted by Gasteiger charge is -2.37. The van der Waals surface area contributed by atoms with Crippen molar-refractivity contribution in [1.29, 1.82) is 0 Å². The minimum Gasteiger partial charge on any atom is -0.389 e. The summed E-state index contributed by atoms with van der Waals surface area (Å²) in [6, 6.07) is 7.31. The number of aliphatic hydroxyl groups is 1. The van der Waals surface area contributed by atoms with Crippen LogP contribution in [0.1, 0.15) is 25.5 Å². The first kappa shape index (κ1) is 14.8. The van der Waals surface area contributed by atoms with Gasteiger partial charge in [-0.1, -0.05) is 18.2 Å². The number of morpholine rings is 1. The average Bonchev–Trinajstić information content (AvgIpc) is 2.47. The third-order valence-corrected chi connectivity index (χ3v) is 3.48. The van der Waals surface area contributed by atoms with Crippen LogP contribution in [0.2, 0.25) is 0 Å². The molecule has 1 saturated heterocycles. The summed E-state index contributed by atoms with van der Waals surface area (Å²) >= 11 is 0. The number of anilines is 1. The first-order chi connectivity index (χ1) is 9.65. The quantitative estimate of drug-likeness (QED) is 0.865. The third kappa shape index (κ3) is 3.11. The lowest BCUT2D eigenvalue weighted by Crippen LogP contribution is -2.54. The van der Waals surface area contributed by atoms with Crippen LogP contribution in [0.25, 0.3) is 0 Å². The molecule has 5 heteroatoms. The van der Waals surface area contributed by atoms with Crippen molar-refractivity contribution in [2.45, 2.75) is 26.0 Å². The van der Waals surface area contributed by atoms with Gasteiger partial charge in [-0.25, -0.2) is 0 Å². The summed E-state index contributed by atoms with van der Waals surface area (Å²) in [7, 11) is 0. The molecule has 2 atom stereocenters. The molecular formula is C15H22N2O3. The molecule has 2 rings (SSSR count). The van der Waals surface area contributed by atoms with E-state index in [-0.39, 0.29) is 11.9 Å². The van der Waals surface area contributed by atoms with Gasteiger partial charge in [0.1, 0.15) is 6.04 Å². The van der Waals surface area contributed by atoms with Gasteiger partial charge in [-0.05, 0) is 19.9 Å². The molecule has 1 aromatic rings. The number of hydrogen-bond donors (Lipinski definition) is 2. The number of aliphatic hydroxyl groups excluding tert-OH is 1. The number of benzene rings is 1. The smallest absolute Gasteiger partial charge is 0.245 e. The molecule has 0 bridgehead atoms. The van der Waals surface area contributed by atoms with Crippen LogP contribution in [-0.2, 0) is 9.53 Å². The predicted octanol–water partition coefficient (Wildman–Crippen LogP) is 1.08. The second kappa shape index (κ2) is 6.72. The summed E-state index contributed by atoms with van der Waals surface area (Å²) in [6.45, 7) is 5.84. The van der Waals surface area contributed by atoms with E-state index in [0.717, 1.165) is 11.3 Å². The van der Waals surface area contributed by atoms with E-state index in [4.69, 9.17) is 4.74 Å². The molecule has 2 unspecified atom stereocenters. The summed E-state index contributed by atoms with van der Waals surface area (Å²) in [5, 5.41) is 12.7. The zero-order valence-electron chi connectivity index (χ0n) is 12.0. The fraction of sp³-hybridized carbons (Fsp3) is 0.533. The van der Waals surface area contributed by atoms with E-state index in [0.29, 0.717) is 26.3 Å². The zero-order valence-corrected chi connectivity index (χ0v) is 12.0. The molecule has 5 nitrogen and oxygen atoms in total. The topological polar surface area (TPSA) is 61.8 Å². The molecule has 0 radical (unpaired) electrons. The summed E-state index contributed by atoms with van der Waals surface area (Å²) in [5.41, 5.74) is 1.74. The average molecular weight is 278 g/mol. The summed E-state index contributed by atoms with van der Waals surface area (Å²) < 4.78 is 5.44. The first-order valence-corrected chi connectivity index (χ1v) is 7.04. The molecule has 2 N–H and O–H groups in total. The van der Waals surface area contributed by atoms with E-state index in [2.05, 4.69) is 5.32 Å². The van der Waals surface area contributed by atoms with Crippen LogP contribution in [0.4, 0.5) is 5.69 Å². The van der Waals surface area contributed by atoms with Crippen LogP contribution >= 0.6 is 0 Å². The maximum absolute atomic E-state index is 12.2. The second-order valence-electron chi connectivity index (χ2n) is 4.91. The maximum Gasteiger partial charge on any atom is 0.245 e. The SMILES string of the molecule is CCNC(=O)C1COCCN1c1ccccc1C(C)O. The molecule has 0 saturated carbocycles. The minimum absolute atomic E-state index is 0.0346. The van der Waals surface area contributed by atoms with Crippen molar-refractivity contribution in [1.82, 2.24) is 5.32 Å². The van der Waals surface area contributed by atoms with Crippen molar-refractivity contribution in [3.8, 4) is 0 Å². The normalized spacial score (nSPS) is 20.6. The molecule has 1 heterocycles. The number of amides is 1. The van der Waals surface area contributed by atoms with Crippen LogP contribution in [0, 0.1) is 0 Å².